The van der Waals surface area contributed by atoms with Crippen molar-refractivity contribution in [2.75, 3.05) is 5.73 Å². The fraction of sp³-hybridized carbons (Fsp3) is 0.227. The summed E-state index contributed by atoms with van der Waals surface area (Å²) in [5, 5.41) is 0. The number of hydrogen-bond donors (Lipinski definition) is 1. The van der Waals surface area contributed by atoms with Gasteiger partial charge in [-0.1, -0.05) is 0 Å². The van der Waals surface area contributed by atoms with Gasteiger partial charge in [-0.2, -0.15) is 0 Å². The van der Waals surface area contributed by atoms with Crippen LogP contribution in [-0.4, -0.2) is 4.57 Å². The van der Waals surface area contributed by atoms with E-state index in [2.05, 4.69) is 0 Å². The number of pyridine rings is 1. The lowest BCUT2D eigenvalue weighted by Gasteiger charge is -2.15. The van der Waals surface area contributed by atoms with E-state index in [1.54, 1.807) is 42.0 Å². The number of benzene rings is 2. The van der Waals surface area contributed by atoms with Crippen molar-refractivity contribution in [1.29, 1.82) is 0 Å². The number of aryl methyl sites for hydroxylation is 1. The quantitative estimate of drug-likeness (QED) is 0.640. The molecule has 1 heterocycles. The van der Waals surface area contributed by atoms with E-state index in [4.69, 9.17) is 10.5 Å². The third-order valence-corrected chi connectivity index (χ3v) is 4.85. The number of ether oxygens (including phenoxy) is 1. The molecule has 0 unspecified atom stereocenters. The van der Waals surface area contributed by atoms with Gasteiger partial charge in [-0.15, -0.1) is 0 Å². The Morgan fingerprint density at radius 2 is 1.86 bits per heavy atom. The third-order valence-electron chi connectivity index (χ3n) is 4.85. The zero-order valence-corrected chi connectivity index (χ0v) is 15.4. The number of nitrogens with zero attached hydrogens (tertiary/aromatic N) is 1. The summed E-state index contributed by atoms with van der Waals surface area (Å²) in [5.41, 5.74) is 8.45. The van der Waals surface area contributed by atoms with Gasteiger partial charge in [0.2, 0.25) is 0 Å². The van der Waals surface area contributed by atoms with Crippen LogP contribution in [0.4, 0.5) is 14.5 Å². The molecule has 1 aliphatic rings. The highest BCUT2D eigenvalue weighted by molar-refractivity contribution is 5.74. The molecule has 1 aliphatic carbocycles. The maximum Gasteiger partial charge on any atom is 0.253 e. The summed E-state index contributed by atoms with van der Waals surface area (Å²) in [5.74, 6) is -0.647. The molecule has 0 amide bonds. The largest absolute Gasteiger partial charge is 0.454 e. The molecule has 0 spiro atoms. The molecule has 2 aromatic carbocycles. The van der Waals surface area contributed by atoms with Crippen molar-refractivity contribution in [1.82, 2.24) is 4.57 Å². The molecular weight excluding hydrogens is 362 g/mol. The molecule has 0 atom stereocenters. The Bertz CT molecular complexity index is 1100. The van der Waals surface area contributed by atoms with Gasteiger partial charge in [0.1, 0.15) is 11.6 Å². The first-order valence-corrected chi connectivity index (χ1v) is 9.14. The highest BCUT2D eigenvalue weighted by Crippen LogP contribution is 2.36. The van der Waals surface area contributed by atoms with Crippen LogP contribution >= 0.6 is 0 Å². The normalized spacial score (nSPS) is 13.5. The van der Waals surface area contributed by atoms with Crippen molar-refractivity contribution in [2.45, 2.75) is 26.3 Å². The molecule has 0 aliphatic heterocycles. The summed E-state index contributed by atoms with van der Waals surface area (Å²) in [6, 6.07) is 9.92. The molecule has 0 saturated heterocycles. The van der Waals surface area contributed by atoms with Crippen molar-refractivity contribution in [3.05, 3.63) is 76.2 Å². The van der Waals surface area contributed by atoms with Gasteiger partial charge in [0.25, 0.3) is 5.56 Å². The lowest BCUT2D eigenvalue weighted by Crippen LogP contribution is -2.22. The molecule has 2 N–H and O–H groups in total. The molecule has 0 bridgehead atoms. The van der Waals surface area contributed by atoms with Crippen molar-refractivity contribution >= 4 is 5.69 Å². The van der Waals surface area contributed by atoms with E-state index in [0.717, 1.165) is 30.5 Å². The van der Waals surface area contributed by atoms with Crippen LogP contribution < -0.4 is 16.0 Å². The monoisotopic (exact) mass is 382 g/mol. The molecule has 4 nitrogen and oxygen atoms in total. The van der Waals surface area contributed by atoms with Crippen LogP contribution in [0.2, 0.25) is 0 Å². The Kier molecular flexibility index (Phi) is 4.63. The van der Waals surface area contributed by atoms with Crippen LogP contribution in [0.15, 0.2) is 53.5 Å². The fourth-order valence-electron chi connectivity index (χ4n) is 3.19. The van der Waals surface area contributed by atoms with Gasteiger partial charge < -0.3 is 15.0 Å². The Morgan fingerprint density at radius 3 is 2.57 bits per heavy atom. The highest BCUT2D eigenvalue weighted by atomic mass is 19.1. The third kappa shape index (κ3) is 3.76. The van der Waals surface area contributed by atoms with Crippen LogP contribution in [0, 0.1) is 24.5 Å². The highest BCUT2D eigenvalue weighted by Gasteiger charge is 2.23. The van der Waals surface area contributed by atoms with Gasteiger partial charge in [-0.3, -0.25) is 4.79 Å². The van der Waals surface area contributed by atoms with Crippen molar-refractivity contribution in [3.8, 4) is 22.6 Å². The number of anilines is 1. The molecule has 3 aromatic rings. The average Bonchev–Trinajstić information content (AvgIpc) is 3.46. The van der Waals surface area contributed by atoms with Crippen LogP contribution in [0.25, 0.3) is 11.1 Å². The molecule has 4 rings (SSSR count). The molecule has 1 fully saturated rings. The van der Waals surface area contributed by atoms with Crippen LogP contribution in [0.1, 0.15) is 18.4 Å². The van der Waals surface area contributed by atoms with E-state index >= 15 is 0 Å². The number of aromatic nitrogens is 1. The van der Waals surface area contributed by atoms with E-state index in [1.807, 2.05) is 0 Å². The molecule has 1 aromatic heterocycles. The van der Waals surface area contributed by atoms with Crippen LogP contribution in [0.3, 0.4) is 0 Å². The first-order valence-electron chi connectivity index (χ1n) is 9.14. The van der Waals surface area contributed by atoms with Crippen molar-refractivity contribution in [2.24, 2.45) is 5.92 Å². The number of nitrogens with two attached hydrogens (primary N) is 1. The average molecular weight is 382 g/mol. The molecule has 0 radical (unpaired) electrons. The number of rotatable bonds is 5. The van der Waals surface area contributed by atoms with E-state index in [9.17, 15) is 13.6 Å². The van der Waals surface area contributed by atoms with Gasteiger partial charge in [0.05, 0.1) is 0 Å². The SMILES string of the molecule is Cc1cc(-c2cc(N)ccc2Oc2ccc(F)cc2F)cn(CC2CC2)c1=O. The van der Waals surface area contributed by atoms with Gasteiger partial charge in [0, 0.05) is 41.2 Å². The second-order valence-electron chi connectivity index (χ2n) is 7.25. The van der Waals surface area contributed by atoms with Gasteiger partial charge in [-0.25, -0.2) is 8.78 Å². The summed E-state index contributed by atoms with van der Waals surface area (Å²) in [7, 11) is 0. The minimum Gasteiger partial charge on any atom is -0.454 e. The topological polar surface area (TPSA) is 57.2 Å². The zero-order chi connectivity index (χ0) is 19.8. The Morgan fingerprint density at radius 1 is 1.11 bits per heavy atom. The zero-order valence-electron chi connectivity index (χ0n) is 15.4. The minimum absolute atomic E-state index is 0.0217. The number of hydrogen-bond acceptors (Lipinski definition) is 3. The molecular formula is C22H20F2N2O2. The van der Waals surface area contributed by atoms with E-state index < -0.39 is 11.6 Å². The lowest BCUT2D eigenvalue weighted by molar-refractivity contribution is 0.439. The van der Waals surface area contributed by atoms with Crippen molar-refractivity contribution < 1.29 is 13.5 Å². The van der Waals surface area contributed by atoms with Crippen molar-refractivity contribution in [3.63, 3.8) is 0 Å². The summed E-state index contributed by atoms with van der Waals surface area (Å²) in [4.78, 5) is 12.5. The van der Waals surface area contributed by atoms with E-state index in [0.29, 0.717) is 35.0 Å². The fourth-order valence-corrected chi connectivity index (χ4v) is 3.19. The number of nitrogen functional groups attached to an aromatic ring is 1. The standard InChI is InChI=1S/C22H20F2N2O2/c1-13-8-15(12-26(22(13)27)11-14-2-3-14)18-10-17(25)5-7-20(18)28-21-6-4-16(23)9-19(21)24/h4-10,12,14H,2-3,11,25H2,1H3. The van der Waals surface area contributed by atoms with E-state index in [1.165, 1.54) is 6.07 Å². The van der Waals surface area contributed by atoms with Crippen LogP contribution in [-0.2, 0) is 6.54 Å². The minimum atomic E-state index is -0.794. The van der Waals surface area contributed by atoms with Gasteiger partial charge in [-0.05, 0) is 62.1 Å². The maximum atomic E-state index is 14.0. The Balaban J connectivity index is 1.78. The Labute approximate surface area is 161 Å². The first-order chi connectivity index (χ1) is 13.4. The van der Waals surface area contributed by atoms with Gasteiger partial charge in [0.15, 0.2) is 11.6 Å². The predicted molar refractivity (Wildman–Crippen MR) is 104 cm³/mol. The first kappa shape index (κ1) is 18.2. The second-order valence-corrected chi connectivity index (χ2v) is 7.25. The summed E-state index contributed by atoms with van der Waals surface area (Å²) in [6.45, 7) is 2.44. The molecule has 144 valence electrons. The van der Waals surface area contributed by atoms with Gasteiger partial charge >= 0.3 is 0 Å². The summed E-state index contributed by atoms with van der Waals surface area (Å²) >= 11 is 0. The molecule has 1 saturated carbocycles. The number of halogens is 2. The summed E-state index contributed by atoms with van der Waals surface area (Å²) < 4.78 is 34.7. The van der Waals surface area contributed by atoms with E-state index in [-0.39, 0.29) is 11.3 Å². The predicted octanol–water partition coefficient (Wildman–Crippen LogP) is 4.89. The molecule has 28 heavy (non-hydrogen) atoms. The lowest BCUT2D eigenvalue weighted by atomic mass is 10.0. The smallest absolute Gasteiger partial charge is 0.253 e. The second kappa shape index (κ2) is 7.11. The summed E-state index contributed by atoms with van der Waals surface area (Å²) in [6.07, 6.45) is 4.05. The van der Waals surface area contributed by atoms with Crippen LogP contribution in [0.5, 0.6) is 11.5 Å². The maximum absolute atomic E-state index is 14.0. The Hall–Kier alpha value is -3.15. The molecule has 6 heteroatoms.